The van der Waals surface area contributed by atoms with E-state index in [1.807, 2.05) is 6.07 Å². The SMILES string of the molecule is CC(O)CC(O)CC#N. The van der Waals surface area contributed by atoms with Crippen LogP contribution in [-0.4, -0.2) is 22.4 Å². The molecule has 0 aromatic rings. The molecule has 9 heavy (non-hydrogen) atoms. The second-order valence-corrected chi connectivity index (χ2v) is 2.10. The highest BCUT2D eigenvalue weighted by Crippen LogP contribution is 1.99. The van der Waals surface area contributed by atoms with E-state index in [0.717, 1.165) is 0 Å². The van der Waals surface area contributed by atoms with Crippen molar-refractivity contribution in [2.45, 2.75) is 32.0 Å². The standard InChI is InChI=1S/C6H11NO2/c1-5(8)4-6(9)2-3-7/h5-6,8-9H,2,4H2,1H3. The molecular weight excluding hydrogens is 118 g/mol. The number of aliphatic hydroxyl groups excluding tert-OH is 2. The van der Waals surface area contributed by atoms with Gasteiger partial charge >= 0.3 is 0 Å². The van der Waals surface area contributed by atoms with Crippen molar-refractivity contribution in [1.82, 2.24) is 0 Å². The van der Waals surface area contributed by atoms with Crippen LogP contribution in [0.1, 0.15) is 19.8 Å². The van der Waals surface area contributed by atoms with E-state index in [1.165, 1.54) is 0 Å². The molecule has 0 radical (unpaired) electrons. The summed E-state index contributed by atoms with van der Waals surface area (Å²) >= 11 is 0. The number of aliphatic hydroxyl groups is 2. The van der Waals surface area contributed by atoms with Crippen LogP contribution in [0.15, 0.2) is 0 Å². The molecule has 0 spiro atoms. The molecule has 0 saturated heterocycles. The molecule has 0 rings (SSSR count). The zero-order valence-electron chi connectivity index (χ0n) is 5.41. The third kappa shape index (κ3) is 5.28. The van der Waals surface area contributed by atoms with Crippen LogP contribution in [0.25, 0.3) is 0 Å². The molecule has 2 atom stereocenters. The van der Waals surface area contributed by atoms with Gasteiger partial charge in [-0.2, -0.15) is 5.26 Å². The van der Waals surface area contributed by atoms with E-state index in [1.54, 1.807) is 6.92 Å². The molecule has 0 saturated carbocycles. The van der Waals surface area contributed by atoms with Crippen molar-refractivity contribution in [2.24, 2.45) is 0 Å². The van der Waals surface area contributed by atoms with Gasteiger partial charge in [-0.15, -0.1) is 0 Å². The lowest BCUT2D eigenvalue weighted by Gasteiger charge is -2.06. The van der Waals surface area contributed by atoms with E-state index in [9.17, 15) is 0 Å². The van der Waals surface area contributed by atoms with Crippen molar-refractivity contribution in [2.75, 3.05) is 0 Å². The van der Waals surface area contributed by atoms with Gasteiger partial charge in [0.05, 0.1) is 24.7 Å². The third-order valence-electron chi connectivity index (χ3n) is 0.940. The molecule has 0 bridgehead atoms. The first-order valence-electron chi connectivity index (χ1n) is 2.90. The van der Waals surface area contributed by atoms with E-state index < -0.39 is 12.2 Å². The summed E-state index contributed by atoms with van der Waals surface area (Å²) in [6, 6.07) is 1.81. The monoisotopic (exact) mass is 129 g/mol. The fourth-order valence-corrected chi connectivity index (χ4v) is 0.582. The number of rotatable bonds is 3. The number of nitrogens with zero attached hydrogens (tertiary/aromatic N) is 1. The van der Waals surface area contributed by atoms with Crippen LogP contribution in [0.3, 0.4) is 0 Å². The predicted octanol–water partition coefficient (Wildman–Crippen LogP) is 0.0319. The molecule has 0 aromatic carbocycles. The maximum atomic E-state index is 8.84. The highest BCUT2D eigenvalue weighted by molar-refractivity contribution is 4.75. The minimum Gasteiger partial charge on any atom is -0.393 e. The van der Waals surface area contributed by atoms with Gasteiger partial charge in [0.2, 0.25) is 0 Å². The third-order valence-corrected chi connectivity index (χ3v) is 0.940. The summed E-state index contributed by atoms with van der Waals surface area (Å²) in [5.74, 6) is 0. The first-order chi connectivity index (χ1) is 4.16. The maximum Gasteiger partial charge on any atom is 0.0694 e. The minimum absolute atomic E-state index is 0.102. The maximum absolute atomic E-state index is 8.84. The quantitative estimate of drug-likeness (QED) is 0.565. The van der Waals surface area contributed by atoms with Gasteiger partial charge in [-0.05, 0) is 13.3 Å². The summed E-state index contributed by atoms with van der Waals surface area (Å²) in [6.45, 7) is 1.58. The van der Waals surface area contributed by atoms with Crippen LogP contribution in [0.2, 0.25) is 0 Å². The van der Waals surface area contributed by atoms with Gasteiger partial charge in [0.1, 0.15) is 0 Å². The zero-order chi connectivity index (χ0) is 7.28. The Morgan fingerprint density at radius 1 is 1.56 bits per heavy atom. The van der Waals surface area contributed by atoms with E-state index in [0.29, 0.717) is 0 Å². The summed E-state index contributed by atoms with van der Waals surface area (Å²) in [5, 5.41) is 25.6. The Labute approximate surface area is 54.5 Å². The molecule has 0 aliphatic rings. The molecule has 0 aromatic heterocycles. The van der Waals surface area contributed by atoms with Gasteiger partial charge < -0.3 is 10.2 Å². The van der Waals surface area contributed by atoms with Crippen LogP contribution in [-0.2, 0) is 0 Å². The smallest absolute Gasteiger partial charge is 0.0694 e. The molecule has 3 heteroatoms. The summed E-state index contributed by atoms with van der Waals surface area (Å²) in [6.07, 6.45) is -0.804. The molecule has 0 fully saturated rings. The summed E-state index contributed by atoms with van der Waals surface area (Å²) in [7, 11) is 0. The van der Waals surface area contributed by atoms with Crippen LogP contribution < -0.4 is 0 Å². The summed E-state index contributed by atoms with van der Waals surface area (Å²) in [4.78, 5) is 0. The molecule has 0 aliphatic carbocycles. The van der Waals surface area contributed by atoms with E-state index in [4.69, 9.17) is 15.5 Å². The number of hydrogen-bond acceptors (Lipinski definition) is 3. The Balaban J connectivity index is 3.29. The van der Waals surface area contributed by atoms with Crippen molar-refractivity contribution >= 4 is 0 Å². The minimum atomic E-state index is -0.671. The summed E-state index contributed by atoms with van der Waals surface area (Å²) in [5.41, 5.74) is 0. The van der Waals surface area contributed by atoms with Gasteiger partial charge in [-0.3, -0.25) is 0 Å². The molecule has 0 amide bonds. The first kappa shape index (κ1) is 8.41. The topological polar surface area (TPSA) is 64.2 Å². The molecule has 2 unspecified atom stereocenters. The van der Waals surface area contributed by atoms with Crippen molar-refractivity contribution in [3.63, 3.8) is 0 Å². The van der Waals surface area contributed by atoms with Crippen LogP contribution in [0.5, 0.6) is 0 Å². The van der Waals surface area contributed by atoms with E-state index >= 15 is 0 Å². The Bertz CT molecular complexity index is 106. The highest BCUT2D eigenvalue weighted by Gasteiger charge is 2.05. The van der Waals surface area contributed by atoms with Crippen LogP contribution >= 0.6 is 0 Å². The van der Waals surface area contributed by atoms with E-state index in [2.05, 4.69) is 0 Å². The van der Waals surface area contributed by atoms with Gasteiger partial charge in [0.15, 0.2) is 0 Å². The van der Waals surface area contributed by atoms with Crippen molar-refractivity contribution < 1.29 is 10.2 Å². The van der Waals surface area contributed by atoms with Gasteiger partial charge in [-0.25, -0.2) is 0 Å². The second kappa shape index (κ2) is 4.30. The molecule has 0 aliphatic heterocycles. The number of hydrogen-bond donors (Lipinski definition) is 2. The zero-order valence-corrected chi connectivity index (χ0v) is 5.41. The van der Waals surface area contributed by atoms with Gasteiger partial charge in [0, 0.05) is 0 Å². The van der Waals surface area contributed by atoms with Crippen molar-refractivity contribution in [1.29, 1.82) is 5.26 Å². The predicted molar refractivity (Wildman–Crippen MR) is 32.5 cm³/mol. The Morgan fingerprint density at radius 3 is 2.44 bits per heavy atom. The fourth-order valence-electron chi connectivity index (χ4n) is 0.582. The average molecular weight is 129 g/mol. The lowest BCUT2D eigenvalue weighted by Crippen LogP contribution is -2.13. The van der Waals surface area contributed by atoms with Crippen molar-refractivity contribution in [3.8, 4) is 6.07 Å². The molecule has 52 valence electrons. The Hall–Kier alpha value is -0.590. The van der Waals surface area contributed by atoms with Gasteiger partial charge in [0.25, 0.3) is 0 Å². The van der Waals surface area contributed by atoms with Crippen LogP contribution in [0, 0.1) is 11.3 Å². The normalized spacial score (nSPS) is 16.2. The summed E-state index contributed by atoms with van der Waals surface area (Å²) < 4.78 is 0. The van der Waals surface area contributed by atoms with Gasteiger partial charge in [-0.1, -0.05) is 0 Å². The number of nitriles is 1. The molecule has 2 N–H and O–H groups in total. The fraction of sp³-hybridized carbons (Fsp3) is 0.833. The Morgan fingerprint density at radius 2 is 2.11 bits per heavy atom. The van der Waals surface area contributed by atoms with E-state index in [-0.39, 0.29) is 12.8 Å². The average Bonchev–Trinajstić information content (AvgIpc) is 1.63. The van der Waals surface area contributed by atoms with Crippen LogP contribution in [0.4, 0.5) is 0 Å². The largest absolute Gasteiger partial charge is 0.393 e. The first-order valence-corrected chi connectivity index (χ1v) is 2.90. The molecule has 0 heterocycles. The molecular formula is C6H11NO2. The second-order valence-electron chi connectivity index (χ2n) is 2.10. The lowest BCUT2D eigenvalue weighted by atomic mass is 10.1. The Kier molecular flexibility index (Phi) is 4.02. The van der Waals surface area contributed by atoms with Crippen molar-refractivity contribution in [3.05, 3.63) is 0 Å². The highest BCUT2D eigenvalue weighted by atomic mass is 16.3. The lowest BCUT2D eigenvalue weighted by molar-refractivity contribution is 0.0935. The molecule has 3 nitrogen and oxygen atoms in total.